The van der Waals surface area contributed by atoms with Crippen molar-refractivity contribution in [2.24, 2.45) is 0 Å². The summed E-state index contributed by atoms with van der Waals surface area (Å²) in [6.07, 6.45) is 6.71. The number of aliphatic hydroxyl groups is 1. The summed E-state index contributed by atoms with van der Waals surface area (Å²) in [5.74, 6) is 0.621. The van der Waals surface area contributed by atoms with E-state index in [9.17, 15) is 13.5 Å². The van der Waals surface area contributed by atoms with E-state index in [2.05, 4.69) is 15.0 Å². The van der Waals surface area contributed by atoms with Crippen LogP contribution in [0.4, 0.5) is 0 Å². The molecule has 0 aliphatic carbocycles. The Kier molecular flexibility index (Phi) is 5.06. The molecule has 0 spiro atoms. The van der Waals surface area contributed by atoms with Gasteiger partial charge in [-0.3, -0.25) is 4.98 Å². The largest absolute Gasteiger partial charge is 0.377 e. The first-order valence-corrected chi connectivity index (χ1v) is 14.5. The number of nitrogens with zero attached hydrogens (tertiary/aromatic N) is 6. The van der Waals surface area contributed by atoms with Gasteiger partial charge >= 0.3 is 0 Å². The molecule has 0 fully saturated rings. The van der Waals surface area contributed by atoms with Crippen molar-refractivity contribution >= 4 is 32.5 Å². The molecule has 7 rings (SSSR count). The highest BCUT2D eigenvalue weighted by atomic mass is 32.2. The molecule has 2 aromatic carbocycles. The lowest BCUT2D eigenvalue weighted by Crippen LogP contribution is -2.25. The summed E-state index contributed by atoms with van der Waals surface area (Å²) in [4.78, 5) is 17.9. The van der Waals surface area contributed by atoms with Crippen LogP contribution >= 0.6 is 11.3 Å². The minimum absolute atomic E-state index is 0.0770. The van der Waals surface area contributed by atoms with Gasteiger partial charge in [-0.15, -0.1) is 11.3 Å². The van der Waals surface area contributed by atoms with Crippen LogP contribution in [0.5, 0.6) is 0 Å². The van der Waals surface area contributed by atoms with Crippen LogP contribution < -0.4 is 0 Å². The van der Waals surface area contributed by atoms with Crippen LogP contribution in [0.2, 0.25) is 0 Å². The maximum atomic E-state index is 13.6. The number of fused-ring (bicyclic) bond motifs is 2. The molecule has 0 saturated carbocycles. The van der Waals surface area contributed by atoms with E-state index in [4.69, 9.17) is 6.35 Å². The summed E-state index contributed by atoms with van der Waals surface area (Å²) in [5.41, 5.74) is 2.85. The summed E-state index contributed by atoms with van der Waals surface area (Å²) in [7, 11) is -3.98. The van der Waals surface area contributed by atoms with E-state index in [0.717, 1.165) is 20.7 Å². The van der Waals surface area contributed by atoms with Crippen molar-refractivity contribution in [1.82, 2.24) is 28.5 Å². The lowest BCUT2D eigenvalue weighted by molar-refractivity contribution is 0.0786. The fourth-order valence-corrected chi connectivity index (χ4v) is 7.18. The summed E-state index contributed by atoms with van der Waals surface area (Å²) in [5, 5.41) is 13.9. The van der Waals surface area contributed by atoms with Crippen molar-refractivity contribution in [3.63, 3.8) is 0 Å². The van der Waals surface area contributed by atoms with Crippen LogP contribution in [-0.2, 0) is 22.2 Å². The van der Waals surface area contributed by atoms with Crippen LogP contribution in [0.25, 0.3) is 33.0 Å². The molecule has 0 saturated heterocycles. The molecule has 1 aliphatic heterocycles. The van der Waals surface area contributed by atoms with Crippen LogP contribution in [0.3, 0.4) is 0 Å². The van der Waals surface area contributed by atoms with E-state index < -0.39 is 15.6 Å². The second kappa shape index (κ2) is 8.67. The molecule has 5 heterocycles. The van der Waals surface area contributed by atoms with Gasteiger partial charge in [-0.2, -0.15) is 0 Å². The van der Waals surface area contributed by atoms with Crippen LogP contribution in [0.15, 0.2) is 89.8 Å². The molecule has 194 valence electrons. The van der Waals surface area contributed by atoms with Gasteiger partial charge in [0.15, 0.2) is 5.65 Å². The number of aromatic nitrogens is 6. The van der Waals surface area contributed by atoms with Gasteiger partial charge < -0.3 is 9.67 Å². The monoisotopic (exact) mass is 555 g/mol. The van der Waals surface area contributed by atoms with Gasteiger partial charge in [0, 0.05) is 54.9 Å². The molecule has 1 aliphatic rings. The third-order valence-electron chi connectivity index (χ3n) is 7.09. The van der Waals surface area contributed by atoms with Gasteiger partial charge in [0.25, 0.3) is 10.0 Å². The summed E-state index contributed by atoms with van der Waals surface area (Å²) in [6, 6.07) is 14.2. The highest BCUT2D eigenvalue weighted by molar-refractivity contribution is 7.90. The zero-order valence-corrected chi connectivity index (χ0v) is 22.3. The topological polar surface area (TPSA) is 116 Å². The summed E-state index contributed by atoms with van der Waals surface area (Å²) >= 11 is 1.34. The lowest BCUT2D eigenvalue weighted by Gasteiger charge is -2.22. The van der Waals surface area contributed by atoms with E-state index >= 15 is 0 Å². The number of aryl methyl sites for hydroxylation is 2. The second-order valence-electron chi connectivity index (χ2n) is 9.50. The number of hydrogen-bond acceptors (Lipinski definition) is 8. The zero-order valence-electron chi connectivity index (χ0n) is 21.7. The smallest absolute Gasteiger partial charge is 0.269 e. The first-order valence-electron chi connectivity index (χ1n) is 12.7. The van der Waals surface area contributed by atoms with Crippen molar-refractivity contribution in [3.05, 3.63) is 102 Å². The van der Waals surface area contributed by atoms with Gasteiger partial charge in [0.2, 0.25) is 0 Å². The zero-order chi connectivity index (χ0) is 27.6. The Morgan fingerprint density at radius 1 is 1.10 bits per heavy atom. The number of thiazole rings is 1. The normalized spacial score (nSPS) is 17.4. The van der Waals surface area contributed by atoms with Crippen molar-refractivity contribution < 1.29 is 14.9 Å². The number of rotatable bonds is 5. The molecule has 11 heteroatoms. The molecule has 9 nitrogen and oxygen atoms in total. The highest BCUT2D eigenvalue weighted by Gasteiger charge is 2.40. The molecule has 1 atom stereocenters. The second-order valence-corrected chi connectivity index (χ2v) is 12.2. The molecule has 0 amide bonds. The lowest BCUT2D eigenvalue weighted by atomic mass is 9.90. The Hall–Kier alpha value is -4.19. The fourth-order valence-electron chi connectivity index (χ4n) is 5.03. The first-order chi connectivity index (χ1) is 19.2. The Morgan fingerprint density at radius 3 is 2.79 bits per heavy atom. The number of benzene rings is 2. The molecular weight excluding hydrogens is 532 g/mol. The highest BCUT2D eigenvalue weighted by Crippen LogP contribution is 2.40. The minimum Gasteiger partial charge on any atom is -0.377 e. The maximum absolute atomic E-state index is 13.6. The van der Waals surface area contributed by atoms with Crippen molar-refractivity contribution in [3.8, 4) is 21.8 Å². The number of imidazole rings is 1. The molecule has 39 heavy (non-hydrogen) atoms. The Balaban J connectivity index is 1.31. The maximum Gasteiger partial charge on any atom is 0.269 e. The van der Waals surface area contributed by atoms with Crippen molar-refractivity contribution in [2.45, 2.75) is 30.4 Å². The van der Waals surface area contributed by atoms with Crippen LogP contribution in [0.1, 0.15) is 24.7 Å². The van der Waals surface area contributed by atoms with E-state index in [0.29, 0.717) is 35.1 Å². The quantitative estimate of drug-likeness (QED) is 0.330. The SMILES string of the molecule is [2H]c1cnc2c(n1)c(-c1nc(-c3cccc([C@]4(O)CCn5ccnc54)c3)cs1)cn2S(=O)(=O)c1ccc(C)cc1. The predicted octanol–water partition coefficient (Wildman–Crippen LogP) is 4.60. The average Bonchev–Trinajstić information content (AvgIpc) is 3.74. The molecule has 0 unspecified atom stereocenters. The number of hydrogen-bond donors (Lipinski definition) is 1. The van der Waals surface area contributed by atoms with Crippen LogP contribution in [0, 0.1) is 6.92 Å². The van der Waals surface area contributed by atoms with Crippen LogP contribution in [-0.4, -0.2) is 42.0 Å². The van der Waals surface area contributed by atoms with Gasteiger partial charge in [-0.05, 0) is 30.7 Å². The fraction of sp³-hybridized carbons (Fsp3) is 0.143. The molecule has 0 bridgehead atoms. The van der Waals surface area contributed by atoms with Gasteiger partial charge in [0.05, 0.1) is 17.5 Å². The van der Waals surface area contributed by atoms with Gasteiger partial charge in [-0.25, -0.2) is 27.3 Å². The third kappa shape index (κ3) is 3.73. The van der Waals surface area contributed by atoms with Gasteiger partial charge in [0.1, 0.15) is 21.9 Å². The van der Waals surface area contributed by atoms with E-state index in [1.54, 1.807) is 30.5 Å². The third-order valence-corrected chi connectivity index (χ3v) is 9.63. The molecule has 6 aromatic rings. The van der Waals surface area contributed by atoms with Crippen molar-refractivity contribution in [1.29, 1.82) is 0 Å². The molecule has 0 radical (unpaired) electrons. The summed E-state index contributed by atoms with van der Waals surface area (Å²) in [6.45, 7) is 2.57. The Bertz CT molecular complexity index is 2030. The first kappa shape index (κ1) is 22.8. The minimum atomic E-state index is -3.98. The van der Waals surface area contributed by atoms with E-state index in [1.165, 1.54) is 23.7 Å². The Morgan fingerprint density at radius 2 is 1.95 bits per heavy atom. The Labute approximate surface area is 229 Å². The molecule has 1 N–H and O–H groups in total. The van der Waals surface area contributed by atoms with E-state index in [1.807, 2.05) is 47.3 Å². The predicted molar refractivity (Wildman–Crippen MR) is 148 cm³/mol. The summed E-state index contributed by atoms with van der Waals surface area (Å²) < 4.78 is 38.2. The van der Waals surface area contributed by atoms with Crippen molar-refractivity contribution in [2.75, 3.05) is 0 Å². The molecule has 4 aromatic heterocycles. The standard InChI is InChI=1S/C28H22N6O3S2/c1-18-5-7-21(8-6-18)39(36,37)34-16-22(24-25(34)30-11-10-29-24)26-32-23(17-38-26)19-3-2-4-20(15-19)28(35)9-13-33-14-12-31-27(28)33/h2-8,10-12,14-17,35H,9,13H2,1H3/t28-/m1/s1/i10D. The average molecular weight is 556 g/mol. The van der Waals surface area contributed by atoms with E-state index in [-0.39, 0.29) is 22.2 Å². The molecular formula is C28H22N6O3S2. The van der Waals surface area contributed by atoms with Gasteiger partial charge in [-0.1, -0.05) is 35.9 Å².